The van der Waals surface area contributed by atoms with Crippen molar-refractivity contribution in [1.29, 1.82) is 0 Å². The molecule has 0 amide bonds. The molecule has 0 radical (unpaired) electrons. The number of nitrogens with zero attached hydrogens (tertiary/aromatic N) is 4. The maximum atomic E-state index is 5.43. The lowest BCUT2D eigenvalue weighted by molar-refractivity contribution is 0.0377. The second-order valence-corrected chi connectivity index (χ2v) is 6.12. The van der Waals surface area contributed by atoms with E-state index in [2.05, 4.69) is 44.0 Å². The largest absolute Gasteiger partial charge is 0.379 e. The van der Waals surface area contributed by atoms with Crippen molar-refractivity contribution in [3.8, 4) is 0 Å². The predicted molar refractivity (Wildman–Crippen MR) is 96.8 cm³/mol. The number of aliphatic imine (C=N–C) groups is 1. The van der Waals surface area contributed by atoms with E-state index in [1.165, 1.54) is 0 Å². The molecule has 0 N–H and O–H groups in total. The van der Waals surface area contributed by atoms with E-state index in [4.69, 9.17) is 4.74 Å². The molecule has 0 atom stereocenters. The molecule has 24 heavy (non-hydrogen) atoms. The molecule has 5 nitrogen and oxygen atoms in total. The van der Waals surface area contributed by atoms with Gasteiger partial charge in [-0.05, 0) is 30.7 Å². The number of fused-ring (bicyclic) bond motifs is 2. The van der Waals surface area contributed by atoms with E-state index in [9.17, 15) is 0 Å². The molecule has 3 heterocycles. The fourth-order valence-electron chi connectivity index (χ4n) is 3.29. The van der Waals surface area contributed by atoms with Gasteiger partial charge in [0.2, 0.25) is 0 Å². The Balaban J connectivity index is 1.55. The minimum Gasteiger partial charge on any atom is -0.379 e. The molecule has 0 spiro atoms. The molecule has 4 rings (SSSR count). The minimum atomic E-state index is 0.852. The van der Waals surface area contributed by atoms with Gasteiger partial charge < -0.3 is 9.64 Å². The quantitative estimate of drug-likeness (QED) is 0.868. The summed E-state index contributed by atoms with van der Waals surface area (Å²) < 4.78 is 5.43. The van der Waals surface area contributed by atoms with Crippen LogP contribution in [0.2, 0.25) is 0 Å². The van der Waals surface area contributed by atoms with Crippen LogP contribution in [0, 0.1) is 0 Å². The fourth-order valence-corrected chi connectivity index (χ4v) is 3.29. The van der Waals surface area contributed by atoms with Crippen LogP contribution in [0.4, 0.5) is 17.2 Å². The highest BCUT2D eigenvalue weighted by atomic mass is 16.5. The molecule has 1 fully saturated rings. The Morgan fingerprint density at radius 2 is 1.88 bits per heavy atom. The van der Waals surface area contributed by atoms with E-state index in [0.717, 1.165) is 68.6 Å². The van der Waals surface area contributed by atoms with E-state index < -0.39 is 0 Å². The van der Waals surface area contributed by atoms with Gasteiger partial charge in [-0.2, -0.15) is 0 Å². The second-order valence-electron chi connectivity index (χ2n) is 6.12. The molecule has 0 aliphatic carbocycles. The molecule has 2 aromatic rings. The van der Waals surface area contributed by atoms with Crippen molar-refractivity contribution >= 4 is 23.4 Å². The number of ether oxygens (including phenoxy) is 1. The SMILES string of the molecule is C1=Nc2ccccc2N(CCCN2CCOCC2)c2ncccc21. The summed E-state index contributed by atoms with van der Waals surface area (Å²) in [7, 11) is 0. The van der Waals surface area contributed by atoms with Crippen LogP contribution in [0.5, 0.6) is 0 Å². The number of morpholine rings is 1. The Kier molecular flexibility index (Phi) is 4.53. The molecule has 1 aromatic carbocycles. The van der Waals surface area contributed by atoms with Gasteiger partial charge in [0.1, 0.15) is 5.82 Å². The third kappa shape index (κ3) is 3.18. The lowest BCUT2D eigenvalue weighted by Gasteiger charge is -2.29. The number of para-hydroxylation sites is 2. The molecule has 0 bridgehead atoms. The number of anilines is 2. The van der Waals surface area contributed by atoms with E-state index in [0.29, 0.717) is 0 Å². The summed E-state index contributed by atoms with van der Waals surface area (Å²) >= 11 is 0. The number of hydrogen-bond donors (Lipinski definition) is 0. The van der Waals surface area contributed by atoms with Gasteiger partial charge in [-0.1, -0.05) is 12.1 Å². The van der Waals surface area contributed by atoms with Gasteiger partial charge in [0.25, 0.3) is 0 Å². The average Bonchev–Trinajstić information content (AvgIpc) is 2.80. The molecule has 0 saturated carbocycles. The molecule has 1 saturated heterocycles. The lowest BCUT2D eigenvalue weighted by Crippen LogP contribution is -2.37. The molecule has 5 heteroatoms. The van der Waals surface area contributed by atoms with Gasteiger partial charge in [0.05, 0.1) is 24.6 Å². The molecule has 1 aromatic heterocycles. The number of benzene rings is 1. The van der Waals surface area contributed by atoms with Crippen LogP contribution >= 0.6 is 0 Å². The molecule has 124 valence electrons. The van der Waals surface area contributed by atoms with Crippen LogP contribution in [0.25, 0.3) is 0 Å². The smallest absolute Gasteiger partial charge is 0.141 e. The predicted octanol–water partition coefficient (Wildman–Crippen LogP) is 3.01. The maximum absolute atomic E-state index is 5.43. The lowest BCUT2D eigenvalue weighted by atomic mass is 10.2. The highest BCUT2D eigenvalue weighted by Gasteiger charge is 2.19. The standard InChI is InChI=1S/C19H22N4O/c1-2-7-18-17(6-1)21-15-16-5-3-8-20-19(16)23(18)10-4-9-22-11-13-24-14-12-22/h1-3,5-8,15H,4,9-14H2. The first-order chi connectivity index (χ1) is 11.9. The first-order valence-electron chi connectivity index (χ1n) is 8.57. The molecule has 0 unspecified atom stereocenters. The van der Waals surface area contributed by atoms with E-state index in [1.807, 2.05) is 24.5 Å². The first kappa shape index (κ1) is 15.3. The summed E-state index contributed by atoms with van der Waals surface area (Å²) in [6.45, 7) is 5.80. The third-order valence-electron chi connectivity index (χ3n) is 4.55. The maximum Gasteiger partial charge on any atom is 0.141 e. The molecular formula is C19H22N4O. The Hall–Kier alpha value is -2.24. The highest BCUT2D eigenvalue weighted by molar-refractivity contribution is 5.94. The van der Waals surface area contributed by atoms with Gasteiger partial charge in [0, 0.05) is 44.2 Å². The summed E-state index contributed by atoms with van der Waals surface area (Å²) in [5, 5.41) is 0. The summed E-state index contributed by atoms with van der Waals surface area (Å²) in [6.07, 6.45) is 4.86. The summed E-state index contributed by atoms with van der Waals surface area (Å²) in [5.41, 5.74) is 3.20. The van der Waals surface area contributed by atoms with Crippen LogP contribution < -0.4 is 4.90 Å². The molecule has 2 aliphatic heterocycles. The van der Waals surface area contributed by atoms with Crippen molar-refractivity contribution in [3.63, 3.8) is 0 Å². The van der Waals surface area contributed by atoms with Crippen molar-refractivity contribution in [2.45, 2.75) is 6.42 Å². The van der Waals surface area contributed by atoms with Gasteiger partial charge in [-0.15, -0.1) is 0 Å². The Labute approximate surface area is 142 Å². The van der Waals surface area contributed by atoms with Crippen LogP contribution in [0.3, 0.4) is 0 Å². The van der Waals surface area contributed by atoms with Crippen molar-refractivity contribution < 1.29 is 4.74 Å². The topological polar surface area (TPSA) is 41.0 Å². The summed E-state index contributed by atoms with van der Waals surface area (Å²) in [6, 6.07) is 12.3. The van der Waals surface area contributed by atoms with Gasteiger partial charge >= 0.3 is 0 Å². The fraction of sp³-hybridized carbons (Fsp3) is 0.368. The van der Waals surface area contributed by atoms with Crippen LogP contribution in [-0.2, 0) is 4.74 Å². The number of aromatic nitrogens is 1. The summed E-state index contributed by atoms with van der Waals surface area (Å²) in [5.74, 6) is 0.994. The average molecular weight is 322 g/mol. The minimum absolute atomic E-state index is 0.852. The number of hydrogen-bond acceptors (Lipinski definition) is 5. The summed E-state index contributed by atoms with van der Waals surface area (Å²) in [4.78, 5) is 14.0. The van der Waals surface area contributed by atoms with Crippen LogP contribution in [0.15, 0.2) is 47.6 Å². The highest BCUT2D eigenvalue weighted by Crippen LogP contribution is 2.36. The van der Waals surface area contributed by atoms with Gasteiger partial charge in [-0.25, -0.2) is 4.98 Å². The van der Waals surface area contributed by atoms with Crippen LogP contribution in [-0.4, -0.2) is 55.5 Å². The van der Waals surface area contributed by atoms with Crippen molar-refractivity contribution in [1.82, 2.24) is 9.88 Å². The molecular weight excluding hydrogens is 300 g/mol. The van der Waals surface area contributed by atoms with Crippen molar-refractivity contribution in [2.24, 2.45) is 4.99 Å². The van der Waals surface area contributed by atoms with Gasteiger partial charge in [-0.3, -0.25) is 9.89 Å². The second kappa shape index (κ2) is 7.11. The Morgan fingerprint density at radius 1 is 1.00 bits per heavy atom. The Bertz CT molecular complexity index is 675. The number of pyridine rings is 1. The monoisotopic (exact) mass is 322 g/mol. The zero-order valence-electron chi connectivity index (χ0n) is 13.8. The third-order valence-corrected chi connectivity index (χ3v) is 4.55. The molecule has 2 aliphatic rings. The van der Waals surface area contributed by atoms with E-state index in [-0.39, 0.29) is 0 Å². The number of rotatable bonds is 4. The van der Waals surface area contributed by atoms with Crippen molar-refractivity contribution in [2.75, 3.05) is 44.3 Å². The van der Waals surface area contributed by atoms with Gasteiger partial charge in [0.15, 0.2) is 0 Å². The van der Waals surface area contributed by atoms with E-state index >= 15 is 0 Å². The first-order valence-corrected chi connectivity index (χ1v) is 8.57. The zero-order valence-corrected chi connectivity index (χ0v) is 13.8. The normalized spacial score (nSPS) is 17.2. The van der Waals surface area contributed by atoms with E-state index in [1.54, 1.807) is 0 Å². The Morgan fingerprint density at radius 3 is 2.79 bits per heavy atom. The zero-order chi connectivity index (χ0) is 16.2. The van der Waals surface area contributed by atoms with Crippen LogP contribution in [0.1, 0.15) is 12.0 Å². The van der Waals surface area contributed by atoms with Crippen molar-refractivity contribution in [3.05, 3.63) is 48.2 Å².